The first kappa shape index (κ1) is 8.43. The number of fused-ring (bicyclic) bond motifs is 1. The number of rotatable bonds is 1. The summed E-state index contributed by atoms with van der Waals surface area (Å²) in [4.78, 5) is 23.4. The second kappa shape index (κ2) is 2.95. The summed E-state index contributed by atoms with van der Waals surface area (Å²) in [7, 11) is 0. The minimum atomic E-state index is -0.495. The lowest BCUT2D eigenvalue weighted by molar-refractivity contribution is -0.384. The SMILES string of the molecule is O=c1ccc2ccc([N+](=O)[O-])cc2[nH]1. The zero-order chi connectivity index (χ0) is 10.1. The number of nitro benzene ring substituents is 1. The smallest absolute Gasteiger partial charge is 0.271 e. The summed E-state index contributed by atoms with van der Waals surface area (Å²) in [6.45, 7) is 0. The number of hydrogen-bond donors (Lipinski definition) is 1. The highest BCUT2D eigenvalue weighted by atomic mass is 16.6. The van der Waals surface area contributed by atoms with Gasteiger partial charge in [0.05, 0.1) is 10.4 Å². The number of nitrogens with zero attached hydrogens (tertiary/aromatic N) is 1. The monoisotopic (exact) mass is 190 g/mol. The Labute approximate surface area is 78.1 Å². The molecular weight excluding hydrogens is 184 g/mol. The lowest BCUT2D eigenvalue weighted by atomic mass is 10.2. The molecule has 0 spiro atoms. The van der Waals surface area contributed by atoms with Crippen LogP contribution in [0.15, 0.2) is 35.1 Å². The van der Waals surface area contributed by atoms with Gasteiger partial charge >= 0.3 is 0 Å². The van der Waals surface area contributed by atoms with Crippen LogP contribution in [-0.4, -0.2) is 9.91 Å². The maximum atomic E-state index is 10.9. The summed E-state index contributed by atoms with van der Waals surface area (Å²) in [6.07, 6.45) is 0. The third-order valence-electron chi connectivity index (χ3n) is 1.92. The summed E-state index contributed by atoms with van der Waals surface area (Å²) in [5.74, 6) is 0. The Morgan fingerprint density at radius 2 is 1.93 bits per heavy atom. The van der Waals surface area contributed by atoms with Crippen LogP contribution in [0.3, 0.4) is 0 Å². The van der Waals surface area contributed by atoms with Crippen molar-refractivity contribution in [3.8, 4) is 0 Å². The molecular formula is C9H6N2O3. The first-order valence-electron chi connectivity index (χ1n) is 3.94. The first-order chi connectivity index (χ1) is 6.66. The third-order valence-corrected chi connectivity index (χ3v) is 1.92. The van der Waals surface area contributed by atoms with Crippen molar-refractivity contribution in [2.75, 3.05) is 0 Å². The Bertz CT molecular complexity index is 559. The standard InChI is InChI=1S/C9H6N2O3/c12-9-4-2-6-1-3-7(11(13)14)5-8(6)10-9/h1-5H,(H,10,12). The molecule has 5 heteroatoms. The van der Waals surface area contributed by atoms with Gasteiger partial charge in [-0.3, -0.25) is 14.9 Å². The molecule has 1 N–H and O–H groups in total. The van der Waals surface area contributed by atoms with Gasteiger partial charge in [-0.1, -0.05) is 0 Å². The molecule has 0 saturated heterocycles. The second-order valence-corrected chi connectivity index (χ2v) is 2.85. The molecule has 0 amide bonds. The average molecular weight is 190 g/mol. The lowest BCUT2D eigenvalue weighted by Gasteiger charge is -1.96. The fourth-order valence-electron chi connectivity index (χ4n) is 1.25. The minimum absolute atomic E-state index is 0.0284. The van der Waals surface area contributed by atoms with Crippen LogP contribution in [0.4, 0.5) is 5.69 Å². The van der Waals surface area contributed by atoms with Crippen LogP contribution in [0.2, 0.25) is 0 Å². The van der Waals surface area contributed by atoms with E-state index in [4.69, 9.17) is 0 Å². The number of nitrogens with one attached hydrogen (secondary N) is 1. The molecule has 0 aliphatic carbocycles. The molecule has 0 aliphatic heterocycles. The van der Waals surface area contributed by atoms with Crippen molar-refractivity contribution >= 4 is 16.6 Å². The van der Waals surface area contributed by atoms with Crippen molar-refractivity contribution in [2.24, 2.45) is 0 Å². The topological polar surface area (TPSA) is 76.0 Å². The van der Waals surface area contributed by atoms with E-state index in [1.54, 1.807) is 12.1 Å². The number of benzene rings is 1. The van der Waals surface area contributed by atoms with Gasteiger partial charge in [0.25, 0.3) is 5.69 Å². The number of pyridine rings is 1. The largest absolute Gasteiger partial charge is 0.322 e. The Morgan fingerprint density at radius 1 is 1.21 bits per heavy atom. The number of nitro groups is 1. The summed E-state index contributed by atoms with van der Waals surface area (Å²) < 4.78 is 0. The number of aromatic amines is 1. The first-order valence-corrected chi connectivity index (χ1v) is 3.94. The van der Waals surface area contributed by atoms with E-state index in [0.717, 1.165) is 5.39 Å². The quantitative estimate of drug-likeness (QED) is 0.546. The summed E-state index contributed by atoms with van der Waals surface area (Å²) in [5, 5.41) is 11.2. The van der Waals surface area contributed by atoms with Gasteiger partial charge in [0, 0.05) is 18.2 Å². The highest BCUT2D eigenvalue weighted by molar-refractivity contribution is 5.80. The number of hydrogen-bond acceptors (Lipinski definition) is 3. The summed E-state index contributed by atoms with van der Waals surface area (Å²) >= 11 is 0. The lowest BCUT2D eigenvalue weighted by Crippen LogP contribution is -2.02. The van der Waals surface area contributed by atoms with Crippen LogP contribution in [0.25, 0.3) is 10.9 Å². The molecule has 2 aromatic rings. The molecule has 0 radical (unpaired) electrons. The Balaban J connectivity index is 2.75. The van der Waals surface area contributed by atoms with Gasteiger partial charge in [-0.25, -0.2) is 0 Å². The number of aromatic nitrogens is 1. The second-order valence-electron chi connectivity index (χ2n) is 2.85. The Morgan fingerprint density at radius 3 is 2.64 bits per heavy atom. The van der Waals surface area contributed by atoms with E-state index in [0.29, 0.717) is 5.52 Å². The highest BCUT2D eigenvalue weighted by Gasteiger charge is 2.05. The molecule has 14 heavy (non-hydrogen) atoms. The zero-order valence-electron chi connectivity index (χ0n) is 7.06. The molecule has 0 unspecified atom stereocenters. The maximum Gasteiger partial charge on any atom is 0.271 e. The third kappa shape index (κ3) is 1.35. The number of non-ortho nitro benzene ring substituents is 1. The Kier molecular flexibility index (Phi) is 1.78. The van der Waals surface area contributed by atoms with E-state index >= 15 is 0 Å². The molecule has 2 rings (SSSR count). The van der Waals surface area contributed by atoms with Crippen LogP contribution in [-0.2, 0) is 0 Å². The van der Waals surface area contributed by atoms with Gasteiger partial charge in [-0.05, 0) is 17.5 Å². The van der Waals surface area contributed by atoms with Crippen LogP contribution in [0.5, 0.6) is 0 Å². The molecule has 1 heterocycles. The van der Waals surface area contributed by atoms with Gasteiger partial charge in [0.15, 0.2) is 0 Å². The molecule has 1 aromatic carbocycles. The van der Waals surface area contributed by atoms with Crippen molar-refractivity contribution in [1.82, 2.24) is 4.98 Å². The fraction of sp³-hybridized carbons (Fsp3) is 0. The van der Waals surface area contributed by atoms with Crippen molar-refractivity contribution in [2.45, 2.75) is 0 Å². The molecule has 0 saturated carbocycles. The molecule has 70 valence electrons. The molecule has 0 atom stereocenters. The van der Waals surface area contributed by atoms with Gasteiger partial charge in [0.2, 0.25) is 5.56 Å². The van der Waals surface area contributed by atoms with E-state index in [9.17, 15) is 14.9 Å². The van der Waals surface area contributed by atoms with E-state index in [-0.39, 0.29) is 11.2 Å². The van der Waals surface area contributed by atoms with E-state index < -0.39 is 4.92 Å². The van der Waals surface area contributed by atoms with Crippen LogP contribution >= 0.6 is 0 Å². The fourth-order valence-corrected chi connectivity index (χ4v) is 1.25. The van der Waals surface area contributed by atoms with Crippen molar-refractivity contribution in [3.63, 3.8) is 0 Å². The predicted molar refractivity (Wildman–Crippen MR) is 51.2 cm³/mol. The van der Waals surface area contributed by atoms with E-state index in [1.165, 1.54) is 18.2 Å². The normalized spacial score (nSPS) is 10.3. The zero-order valence-corrected chi connectivity index (χ0v) is 7.06. The predicted octanol–water partition coefficient (Wildman–Crippen LogP) is 1.44. The van der Waals surface area contributed by atoms with Gasteiger partial charge in [-0.15, -0.1) is 0 Å². The minimum Gasteiger partial charge on any atom is -0.322 e. The highest BCUT2D eigenvalue weighted by Crippen LogP contribution is 2.17. The summed E-state index contributed by atoms with van der Waals surface area (Å²) in [6, 6.07) is 7.35. The van der Waals surface area contributed by atoms with E-state index in [2.05, 4.69) is 4.98 Å². The summed E-state index contributed by atoms with van der Waals surface area (Å²) in [5.41, 5.74) is 0.184. The Hall–Kier alpha value is -2.17. The molecule has 0 bridgehead atoms. The van der Waals surface area contributed by atoms with Crippen molar-refractivity contribution < 1.29 is 4.92 Å². The van der Waals surface area contributed by atoms with E-state index in [1.807, 2.05) is 0 Å². The molecule has 0 aliphatic rings. The van der Waals surface area contributed by atoms with Crippen molar-refractivity contribution in [3.05, 3.63) is 50.8 Å². The molecule has 5 nitrogen and oxygen atoms in total. The van der Waals surface area contributed by atoms with Crippen LogP contribution < -0.4 is 5.56 Å². The van der Waals surface area contributed by atoms with Gasteiger partial charge in [0.1, 0.15) is 0 Å². The molecule has 0 fully saturated rings. The van der Waals surface area contributed by atoms with Crippen LogP contribution in [0.1, 0.15) is 0 Å². The van der Waals surface area contributed by atoms with Gasteiger partial charge in [-0.2, -0.15) is 0 Å². The van der Waals surface area contributed by atoms with Crippen LogP contribution in [0, 0.1) is 10.1 Å². The number of H-pyrrole nitrogens is 1. The maximum absolute atomic E-state index is 10.9. The van der Waals surface area contributed by atoms with Crippen molar-refractivity contribution in [1.29, 1.82) is 0 Å². The average Bonchev–Trinajstić information content (AvgIpc) is 2.16. The van der Waals surface area contributed by atoms with Gasteiger partial charge < -0.3 is 4.98 Å². The molecule has 1 aromatic heterocycles.